The first-order chi connectivity index (χ1) is 6.51. The van der Waals surface area contributed by atoms with E-state index in [2.05, 4.69) is 10.2 Å². The highest BCUT2D eigenvalue weighted by molar-refractivity contribution is 5.75. The number of carbonyl (C=O) groups excluding carboxylic acids is 1. The SMILES string of the molecule is CC(C)(C)N=Nc1ccc(C=O)cc1. The molecule has 1 aromatic rings. The van der Waals surface area contributed by atoms with Crippen LogP contribution < -0.4 is 0 Å². The highest BCUT2D eigenvalue weighted by Crippen LogP contribution is 2.16. The van der Waals surface area contributed by atoms with Crippen molar-refractivity contribution in [2.24, 2.45) is 10.2 Å². The van der Waals surface area contributed by atoms with Gasteiger partial charge in [0.2, 0.25) is 0 Å². The van der Waals surface area contributed by atoms with Crippen molar-refractivity contribution in [1.82, 2.24) is 0 Å². The summed E-state index contributed by atoms with van der Waals surface area (Å²) in [6.07, 6.45) is 0.810. The van der Waals surface area contributed by atoms with E-state index < -0.39 is 0 Å². The standard InChI is InChI=1S/C11H14N2O/c1-11(2,3)13-12-10-6-4-9(8-14)5-7-10/h4-8H,1-3H3. The summed E-state index contributed by atoms with van der Waals surface area (Å²) >= 11 is 0. The molecule has 0 aromatic heterocycles. The molecule has 0 aliphatic rings. The minimum atomic E-state index is -0.163. The third-order valence-electron chi connectivity index (χ3n) is 1.49. The van der Waals surface area contributed by atoms with Crippen LogP contribution in [-0.4, -0.2) is 11.8 Å². The molecular formula is C11H14N2O. The fraction of sp³-hybridized carbons (Fsp3) is 0.364. The molecule has 3 nitrogen and oxygen atoms in total. The first kappa shape index (κ1) is 10.6. The molecule has 0 bridgehead atoms. The highest BCUT2D eigenvalue weighted by atomic mass is 16.1. The van der Waals surface area contributed by atoms with Gasteiger partial charge in [-0.15, -0.1) is 0 Å². The second-order valence-electron chi connectivity index (χ2n) is 4.08. The Labute approximate surface area is 83.9 Å². The molecule has 0 atom stereocenters. The Hall–Kier alpha value is -1.51. The molecule has 14 heavy (non-hydrogen) atoms. The van der Waals surface area contributed by atoms with E-state index in [1.807, 2.05) is 20.8 Å². The zero-order valence-corrected chi connectivity index (χ0v) is 8.69. The van der Waals surface area contributed by atoms with E-state index in [9.17, 15) is 4.79 Å². The van der Waals surface area contributed by atoms with Crippen molar-refractivity contribution in [3.63, 3.8) is 0 Å². The predicted octanol–water partition coefficient (Wildman–Crippen LogP) is 3.38. The van der Waals surface area contributed by atoms with Gasteiger partial charge in [0, 0.05) is 5.56 Å². The molecule has 0 N–H and O–H groups in total. The predicted molar refractivity (Wildman–Crippen MR) is 56.1 cm³/mol. The van der Waals surface area contributed by atoms with E-state index in [1.165, 1.54) is 0 Å². The molecule has 0 aliphatic carbocycles. The van der Waals surface area contributed by atoms with Crippen molar-refractivity contribution < 1.29 is 4.79 Å². The Morgan fingerprint density at radius 2 is 1.71 bits per heavy atom. The molecule has 74 valence electrons. The molecule has 0 saturated heterocycles. The molecule has 3 heteroatoms. The fourth-order valence-corrected chi connectivity index (χ4v) is 0.827. The number of rotatable bonds is 2. The van der Waals surface area contributed by atoms with Crippen LogP contribution in [0.25, 0.3) is 0 Å². The third kappa shape index (κ3) is 3.47. The first-order valence-corrected chi connectivity index (χ1v) is 4.49. The van der Waals surface area contributed by atoms with Crippen LogP contribution in [0, 0.1) is 0 Å². The number of benzene rings is 1. The van der Waals surface area contributed by atoms with Gasteiger partial charge in [0.1, 0.15) is 6.29 Å². The Morgan fingerprint density at radius 3 is 2.14 bits per heavy atom. The van der Waals surface area contributed by atoms with Gasteiger partial charge in [-0.25, -0.2) is 0 Å². The maximum absolute atomic E-state index is 10.4. The van der Waals surface area contributed by atoms with Crippen LogP contribution in [0.1, 0.15) is 31.1 Å². The molecule has 0 radical (unpaired) electrons. The van der Waals surface area contributed by atoms with Gasteiger partial charge in [-0.2, -0.15) is 10.2 Å². The molecule has 1 rings (SSSR count). The van der Waals surface area contributed by atoms with Crippen molar-refractivity contribution in [2.45, 2.75) is 26.3 Å². The minimum Gasteiger partial charge on any atom is -0.298 e. The van der Waals surface area contributed by atoms with E-state index in [0.29, 0.717) is 5.56 Å². The lowest BCUT2D eigenvalue weighted by Gasteiger charge is -2.08. The Morgan fingerprint density at radius 1 is 1.14 bits per heavy atom. The van der Waals surface area contributed by atoms with E-state index in [4.69, 9.17) is 0 Å². The lowest BCUT2D eigenvalue weighted by atomic mass is 10.1. The van der Waals surface area contributed by atoms with Crippen LogP contribution >= 0.6 is 0 Å². The number of aldehydes is 1. The normalized spacial score (nSPS) is 11.9. The molecule has 0 fully saturated rings. The van der Waals surface area contributed by atoms with Gasteiger partial charge in [0.05, 0.1) is 11.2 Å². The summed E-state index contributed by atoms with van der Waals surface area (Å²) in [4.78, 5) is 10.4. The van der Waals surface area contributed by atoms with Crippen LogP contribution in [0.15, 0.2) is 34.5 Å². The summed E-state index contributed by atoms with van der Waals surface area (Å²) in [5.41, 5.74) is 1.26. The number of hydrogen-bond acceptors (Lipinski definition) is 3. The monoisotopic (exact) mass is 190 g/mol. The van der Waals surface area contributed by atoms with Crippen LogP contribution in [0.4, 0.5) is 5.69 Å². The van der Waals surface area contributed by atoms with Gasteiger partial charge in [0.25, 0.3) is 0 Å². The average Bonchev–Trinajstić information content (AvgIpc) is 2.14. The van der Waals surface area contributed by atoms with Crippen molar-refractivity contribution in [1.29, 1.82) is 0 Å². The van der Waals surface area contributed by atoms with Gasteiger partial charge in [-0.1, -0.05) is 0 Å². The second-order valence-corrected chi connectivity index (χ2v) is 4.08. The number of nitrogens with zero attached hydrogens (tertiary/aromatic N) is 2. The van der Waals surface area contributed by atoms with Crippen LogP contribution in [0.3, 0.4) is 0 Å². The molecule has 0 aliphatic heterocycles. The van der Waals surface area contributed by atoms with E-state index in [0.717, 1.165) is 12.0 Å². The summed E-state index contributed by atoms with van der Waals surface area (Å²) in [7, 11) is 0. The number of azo groups is 1. The van der Waals surface area contributed by atoms with E-state index >= 15 is 0 Å². The zero-order chi connectivity index (χ0) is 10.6. The van der Waals surface area contributed by atoms with Gasteiger partial charge in [0.15, 0.2) is 0 Å². The van der Waals surface area contributed by atoms with Crippen molar-refractivity contribution in [2.75, 3.05) is 0 Å². The Bertz CT molecular complexity index is 333. The van der Waals surface area contributed by atoms with E-state index in [-0.39, 0.29) is 5.54 Å². The number of carbonyl (C=O) groups is 1. The van der Waals surface area contributed by atoms with Gasteiger partial charge >= 0.3 is 0 Å². The largest absolute Gasteiger partial charge is 0.298 e. The Kier molecular flexibility index (Phi) is 3.12. The maximum Gasteiger partial charge on any atom is 0.150 e. The summed E-state index contributed by atoms with van der Waals surface area (Å²) in [6, 6.07) is 7.01. The zero-order valence-electron chi connectivity index (χ0n) is 8.69. The molecular weight excluding hydrogens is 176 g/mol. The highest BCUT2D eigenvalue weighted by Gasteiger charge is 2.06. The molecule has 1 aromatic carbocycles. The lowest BCUT2D eigenvalue weighted by Crippen LogP contribution is -2.07. The van der Waals surface area contributed by atoms with Gasteiger partial charge in [-0.05, 0) is 45.0 Å². The summed E-state index contributed by atoms with van der Waals surface area (Å²) < 4.78 is 0. The van der Waals surface area contributed by atoms with Gasteiger partial charge in [-0.3, -0.25) is 4.79 Å². The molecule has 0 amide bonds. The van der Waals surface area contributed by atoms with E-state index in [1.54, 1.807) is 24.3 Å². The van der Waals surface area contributed by atoms with Crippen molar-refractivity contribution >= 4 is 12.0 Å². The van der Waals surface area contributed by atoms with Crippen molar-refractivity contribution in [3.05, 3.63) is 29.8 Å². The number of hydrogen-bond donors (Lipinski definition) is 0. The van der Waals surface area contributed by atoms with Crippen LogP contribution in [-0.2, 0) is 0 Å². The molecule has 0 unspecified atom stereocenters. The smallest absolute Gasteiger partial charge is 0.150 e. The molecule has 0 heterocycles. The topological polar surface area (TPSA) is 41.8 Å². The second kappa shape index (κ2) is 4.13. The van der Waals surface area contributed by atoms with Crippen molar-refractivity contribution in [3.8, 4) is 0 Å². The minimum absolute atomic E-state index is 0.163. The summed E-state index contributed by atoms with van der Waals surface area (Å²) in [6.45, 7) is 5.95. The van der Waals surface area contributed by atoms with Crippen LogP contribution in [0.2, 0.25) is 0 Å². The third-order valence-corrected chi connectivity index (χ3v) is 1.49. The molecule has 0 spiro atoms. The molecule has 0 saturated carbocycles. The lowest BCUT2D eigenvalue weighted by molar-refractivity contribution is 0.112. The maximum atomic E-state index is 10.4. The first-order valence-electron chi connectivity index (χ1n) is 4.49. The van der Waals surface area contributed by atoms with Gasteiger partial charge < -0.3 is 0 Å². The average molecular weight is 190 g/mol. The van der Waals surface area contributed by atoms with Crippen LogP contribution in [0.5, 0.6) is 0 Å². The Balaban J connectivity index is 2.78. The fourth-order valence-electron chi connectivity index (χ4n) is 0.827. The summed E-state index contributed by atoms with van der Waals surface area (Å²) in [5, 5.41) is 8.18. The summed E-state index contributed by atoms with van der Waals surface area (Å²) in [5.74, 6) is 0. The quantitative estimate of drug-likeness (QED) is 0.520.